The number of hydrogen-bond donors (Lipinski definition) is 1. The molecule has 1 N–H and O–H groups in total. The predicted molar refractivity (Wildman–Crippen MR) is 117 cm³/mol. The van der Waals surface area contributed by atoms with Crippen LogP contribution >= 0.6 is 0 Å². The third-order valence-electron chi connectivity index (χ3n) is 5.83. The topological polar surface area (TPSA) is 74.2 Å². The summed E-state index contributed by atoms with van der Waals surface area (Å²) in [5.41, 5.74) is 1.18. The van der Waals surface area contributed by atoms with Crippen LogP contribution in [0.1, 0.15) is 32.3 Å². The molecule has 9 heteroatoms. The maximum atomic E-state index is 13.2. The van der Waals surface area contributed by atoms with Gasteiger partial charge in [-0.1, -0.05) is 12.1 Å². The van der Waals surface area contributed by atoms with E-state index in [-0.39, 0.29) is 29.7 Å². The van der Waals surface area contributed by atoms with E-state index in [9.17, 15) is 12.8 Å². The Bertz CT molecular complexity index is 830. The standard InChI is InChI=1S/C21H33FN4O3S/c1-17(2)29-14-15-30(27,28)26-12-10-25(11-13-26)20(23-3)24-16-21(8-9-21)18-4-6-19(22)7-5-18/h4-7,17H,8-16H2,1-3H3,(H,23,24). The molecule has 3 rings (SSSR count). The summed E-state index contributed by atoms with van der Waals surface area (Å²) in [5.74, 6) is 0.573. The zero-order chi connectivity index (χ0) is 21.8. The highest BCUT2D eigenvalue weighted by Gasteiger charge is 2.44. The number of hydrogen-bond acceptors (Lipinski definition) is 4. The molecule has 0 unspecified atom stereocenters. The Labute approximate surface area is 179 Å². The second-order valence-corrected chi connectivity index (χ2v) is 10.4. The van der Waals surface area contributed by atoms with Crippen LogP contribution in [0.5, 0.6) is 0 Å². The minimum absolute atomic E-state index is 0.0122. The van der Waals surface area contributed by atoms with Crippen molar-refractivity contribution >= 4 is 16.0 Å². The van der Waals surface area contributed by atoms with Crippen molar-refractivity contribution < 1.29 is 17.5 Å². The largest absolute Gasteiger partial charge is 0.378 e. The number of nitrogens with one attached hydrogen (secondary N) is 1. The van der Waals surface area contributed by atoms with Gasteiger partial charge in [0.25, 0.3) is 0 Å². The number of benzene rings is 1. The van der Waals surface area contributed by atoms with Crippen LogP contribution in [0, 0.1) is 5.82 Å². The fourth-order valence-electron chi connectivity index (χ4n) is 3.80. The minimum Gasteiger partial charge on any atom is -0.378 e. The Morgan fingerprint density at radius 1 is 1.20 bits per heavy atom. The van der Waals surface area contributed by atoms with E-state index in [1.807, 2.05) is 26.0 Å². The molecule has 0 radical (unpaired) electrons. The Morgan fingerprint density at radius 2 is 1.83 bits per heavy atom. The van der Waals surface area contributed by atoms with Gasteiger partial charge in [-0.05, 0) is 44.4 Å². The Balaban J connectivity index is 1.50. The minimum atomic E-state index is -3.31. The summed E-state index contributed by atoms with van der Waals surface area (Å²) in [4.78, 5) is 6.48. The fourth-order valence-corrected chi connectivity index (χ4v) is 5.08. The molecule has 168 valence electrons. The van der Waals surface area contributed by atoms with E-state index in [1.54, 1.807) is 11.4 Å². The normalized spacial score (nSPS) is 19.9. The number of guanidine groups is 1. The molecule has 30 heavy (non-hydrogen) atoms. The van der Waals surface area contributed by atoms with Gasteiger partial charge in [0.1, 0.15) is 5.82 Å². The lowest BCUT2D eigenvalue weighted by Gasteiger charge is -2.36. The summed E-state index contributed by atoms with van der Waals surface area (Å²) < 4.78 is 45.2. The molecule has 0 spiro atoms. The Hall–Kier alpha value is -1.71. The number of rotatable bonds is 8. The highest BCUT2D eigenvalue weighted by Crippen LogP contribution is 2.47. The number of nitrogens with zero attached hydrogens (tertiary/aromatic N) is 3. The van der Waals surface area contributed by atoms with Crippen molar-refractivity contribution in [3.63, 3.8) is 0 Å². The SMILES string of the molecule is CN=C(NCC1(c2ccc(F)cc2)CC1)N1CCN(S(=O)(=O)CCOC(C)C)CC1. The quantitative estimate of drug-likeness (QED) is 0.493. The highest BCUT2D eigenvalue weighted by atomic mass is 32.2. The molecular formula is C21H33FN4O3S. The van der Waals surface area contributed by atoms with E-state index in [0.717, 1.165) is 30.9 Å². The van der Waals surface area contributed by atoms with Crippen molar-refractivity contribution in [3.05, 3.63) is 35.6 Å². The molecule has 0 bridgehead atoms. The van der Waals surface area contributed by atoms with E-state index < -0.39 is 10.0 Å². The molecule has 2 aliphatic rings. The molecule has 1 aromatic carbocycles. The van der Waals surface area contributed by atoms with Crippen LogP contribution in [-0.2, 0) is 20.2 Å². The number of sulfonamides is 1. The van der Waals surface area contributed by atoms with Crippen molar-refractivity contribution in [2.75, 3.05) is 52.1 Å². The van der Waals surface area contributed by atoms with Gasteiger partial charge in [-0.25, -0.2) is 12.8 Å². The molecular weight excluding hydrogens is 407 g/mol. The number of ether oxygens (including phenoxy) is 1. The third kappa shape index (κ3) is 5.70. The van der Waals surface area contributed by atoms with E-state index in [2.05, 4.69) is 15.2 Å². The summed E-state index contributed by atoms with van der Waals surface area (Å²) >= 11 is 0. The monoisotopic (exact) mass is 440 g/mol. The van der Waals surface area contributed by atoms with E-state index in [1.165, 1.54) is 12.1 Å². The van der Waals surface area contributed by atoms with Gasteiger partial charge in [0.15, 0.2) is 5.96 Å². The summed E-state index contributed by atoms with van der Waals surface area (Å²) in [5, 5.41) is 3.45. The van der Waals surface area contributed by atoms with Crippen molar-refractivity contribution in [1.82, 2.24) is 14.5 Å². The molecule has 0 amide bonds. The summed E-state index contributed by atoms with van der Waals surface area (Å²) in [6.45, 7) is 6.80. The van der Waals surface area contributed by atoms with Gasteiger partial charge in [-0.2, -0.15) is 4.31 Å². The maximum absolute atomic E-state index is 13.2. The summed E-state index contributed by atoms with van der Waals surface area (Å²) in [7, 11) is -1.57. The predicted octanol–water partition coefficient (Wildman–Crippen LogP) is 1.81. The zero-order valence-corrected chi connectivity index (χ0v) is 18.9. The molecule has 0 aromatic heterocycles. The molecule has 1 aliphatic carbocycles. The molecule has 0 atom stereocenters. The molecule has 1 saturated carbocycles. The summed E-state index contributed by atoms with van der Waals surface area (Å²) in [6, 6.07) is 6.74. The second kappa shape index (κ2) is 9.62. The first-order chi connectivity index (χ1) is 14.3. The molecule has 2 fully saturated rings. The first-order valence-electron chi connectivity index (χ1n) is 10.6. The lowest BCUT2D eigenvalue weighted by molar-refractivity contribution is 0.0904. The highest BCUT2D eigenvalue weighted by molar-refractivity contribution is 7.89. The molecule has 1 heterocycles. The van der Waals surface area contributed by atoms with Crippen LogP contribution in [0.15, 0.2) is 29.3 Å². The lowest BCUT2D eigenvalue weighted by Crippen LogP contribution is -2.54. The van der Waals surface area contributed by atoms with E-state index in [4.69, 9.17) is 4.74 Å². The van der Waals surface area contributed by atoms with Gasteiger partial charge in [0.05, 0.1) is 18.5 Å². The van der Waals surface area contributed by atoms with Gasteiger partial charge < -0.3 is 15.0 Å². The van der Waals surface area contributed by atoms with Crippen molar-refractivity contribution in [1.29, 1.82) is 0 Å². The van der Waals surface area contributed by atoms with Crippen LogP contribution in [-0.4, -0.2) is 81.8 Å². The first-order valence-corrected chi connectivity index (χ1v) is 12.2. The number of halogens is 1. The second-order valence-electron chi connectivity index (χ2n) is 8.31. The Morgan fingerprint density at radius 3 is 2.37 bits per heavy atom. The van der Waals surface area contributed by atoms with Gasteiger partial charge >= 0.3 is 0 Å². The van der Waals surface area contributed by atoms with Gasteiger partial charge in [0, 0.05) is 45.2 Å². The molecule has 7 nitrogen and oxygen atoms in total. The van der Waals surface area contributed by atoms with Gasteiger partial charge in [-0.3, -0.25) is 4.99 Å². The zero-order valence-electron chi connectivity index (χ0n) is 18.1. The van der Waals surface area contributed by atoms with Crippen LogP contribution in [0.2, 0.25) is 0 Å². The fraction of sp³-hybridized carbons (Fsp3) is 0.667. The average Bonchev–Trinajstić information content (AvgIpc) is 3.50. The van der Waals surface area contributed by atoms with Gasteiger partial charge in [0.2, 0.25) is 10.0 Å². The molecule has 1 aliphatic heterocycles. The smallest absolute Gasteiger partial charge is 0.216 e. The summed E-state index contributed by atoms with van der Waals surface area (Å²) in [6.07, 6.45) is 2.15. The maximum Gasteiger partial charge on any atom is 0.216 e. The number of aliphatic imine (C=N–C) groups is 1. The van der Waals surface area contributed by atoms with Crippen LogP contribution < -0.4 is 5.32 Å². The average molecular weight is 441 g/mol. The van der Waals surface area contributed by atoms with Crippen molar-refractivity contribution in [2.45, 2.75) is 38.2 Å². The van der Waals surface area contributed by atoms with Crippen molar-refractivity contribution in [2.24, 2.45) is 4.99 Å². The Kier molecular flexibility index (Phi) is 7.36. The molecule has 1 aromatic rings. The van der Waals surface area contributed by atoms with Crippen LogP contribution in [0.3, 0.4) is 0 Å². The third-order valence-corrected chi connectivity index (χ3v) is 7.67. The van der Waals surface area contributed by atoms with E-state index in [0.29, 0.717) is 26.2 Å². The van der Waals surface area contributed by atoms with Crippen LogP contribution in [0.25, 0.3) is 0 Å². The van der Waals surface area contributed by atoms with Crippen LogP contribution in [0.4, 0.5) is 4.39 Å². The number of piperazine rings is 1. The molecule has 1 saturated heterocycles. The van der Waals surface area contributed by atoms with Gasteiger partial charge in [-0.15, -0.1) is 0 Å². The lowest BCUT2D eigenvalue weighted by atomic mass is 9.96. The van der Waals surface area contributed by atoms with E-state index >= 15 is 0 Å². The van der Waals surface area contributed by atoms with Crippen molar-refractivity contribution in [3.8, 4) is 0 Å². The first kappa shape index (κ1) is 23.0.